The van der Waals surface area contributed by atoms with Crippen LogP contribution in [0.1, 0.15) is 18.4 Å². The zero-order chi connectivity index (χ0) is 14.4. The molecule has 1 heterocycles. The number of rotatable bonds is 5. The van der Waals surface area contributed by atoms with Crippen molar-refractivity contribution in [1.82, 2.24) is 10.2 Å². The molecule has 0 aromatic heterocycles. The van der Waals surface area contributed by atoms with Crippen molar-refractivity contribution in [2.75, 3.05) is 25.9 Å². The molecule has 0 spiro atoms. The van der Waals surface area contributed by atoms with Crippen LogP contribution in [0.5, 0.6) is 0 Å². The molecule has 1 aromatic rings. The van der Waals surface area contributed by atoms with Gasteiger partial charge in [-0.2, -0.15) is 0 Å². The largest absolute Gasteiger partial charge is 0.342 e. The van der Waals surface area contributed by atoms with Gasteiger partial charge in [-0.3, -0.25) is 4.79 Å². The molecule has 1 aromatic carbocycles. The van der Waals surface area contributed by atoms with Gasteiger partial charge >= 0.3 is 0 Å². The van der Waals surface area contributed by atoms with Gasteiger partial charge in [-0.15, -0.1) is 11.8 Å². The molecular formula is C15H21ClN2OS. The number of nitrogens with one attached hydrogen (secondary N) is 1. The lowest BCUT2D eigenvalue weighted by Crippen LogP contribution is -2.44. The molecule has 0 radical (unpaired) electrons. The molecule has 5 heteroatoms. The lowest BCUT2D eigenvalue weighted by atomic mass is 10.1. The minimum absolute atomic E-state index is 0.256. The van der Waals surface area contributed by atoms with Crippen LogP contribution >= 0.6 is 23.4 Å². The average molecular weight is 313 g/mol. The first-order valence-electron chi connectivity index (χ1n) is 6.96. The number of piperidine rings is 1. The zero-order valence-corrected chi connectivity index (χ0v) is 13.3. The number of hydrogen-bond acceptors (Lipinski definition) is 3. The van der Waals surface area contributed by atoms with Gasteiger partial charge in [0.05, 0.1) is 5.75 Å². The first kappa shape index (κ1) is 15.7. The second kappa shape index (κ2) is 7.91. The molecule has 0 saturated carbocycles. The molecule has 1 fully saturated rings. The first-order chi connectivity index (χ1) is 9.69. The van der Waals surface area contributed by atoms with Crippen molar-refractivity contribution in [2.24, 2.45) is 0 Å². The number of nitrogens with zero attached hydrogens (tertiary/aromatic N) is 1. The predicted octanol–water partition coefficient (Wildman–Crippen LogP) is 2.78. The summed E-state index contributed by atoms with van der Waals surface area (Å²) in [6.07, 6.45) is 2.11. The highest BCUT2D eigenvalue weighted by molar-refractivity contribution is 7.99. The maximum atomic E-state index is 12.1. The minimum Gasteiger partial charge on any atom is -0.342 e. The number of amides is 1. The van der Waals surface area contributed by atoms with E-state index < -0.39 is 0 Å². The van der Waals surface area contributed by atoms with Gasteiger partial charge in [0.1, 0.15) is 0 Å². The van der Waals surface area contributed by atoms with Crippen LogP contribution in [0.25, 0.3) is 0 Å². The van der Waals surface area contributed by atoms with Gasteiger partial charge in [-0.05, 0) is 37.6 Å². The van der Waals surface area contributed by atoms with Crippen LogP contribution in [0.2, 0.25) is 5.02 Å². The molecule has 2 rings (SSSR count). The van der Waals surface area contributed by atoms with Crippen molar-refractivity contribution in [2.45, 2.75) is 24.6 Å². The van der Waals surface area contributed by atoms with Gasteiger partial charge in [-0.25, -0.2) is 0 Å². The Morgan fingerprint density at radius 1 is 1.45 bits per heavy atom. The monoisotopic (exact) mass is 312 g/mol. The van der Waals surface area contributed by atoms with Crippen LogP contribution in [0, 0.1) is 0 Å². The number of likely N-dealkylation sites (tertiary alicyclic amines) is 1. The summed E-state index contributed by atoms with van der Waals surface area (Å²) in [5, 5.41) is 4.03. The Balaban J connectivity index is 1.70. The summed E-state index contributed by atoms with van der Waals surface area (Å²) in [6, 6.07) is 8.38. The Morgan fingerprint density at radius 2 is 2.20 bits per heavy atom. The van der Waals surface area contributed by atoms with Crippen LogP contribution < -0.4 is 5.32 Å². The number of carbonyl (C=O) groups is 1. The fraction of sp³-hybridized carbons (Fsp3) is 0.533. The standard InChI is InChI=1S/C15H21ClN2OS/c1-17-14-5-7-18(8-6-14)15(19)11-20-10-12-3-2-4-13(16)9-12/h2-4,9,14,17H,5-8,10-11H2,1H3. The van der Waals surface area contributed by atoms with Crippen molar-refractivity contribution in [3.05, 3.63) is 34.9 Å². The van der Waals surface area contributed by atoms with Gasteiger partial charge in [0.25, 0.3) is 0 Å². The number of carbonyl (C=O) groups excluding carboxylic acids is 1. The molecule has 1 aliphatic heterocycles. The van der Waals surface area contributed by atoms with Crippen LogP contribution in [-0.4, -0.2) is 42.7 Å². The Bertz CT molecular complexity index is 447. The average Bonchev–Trinajstić information content (AvgIpc) is 2.47. The van der Waals surface area contributed by atoms with Crippen LogP contribution in [0.15, 0.2) is 24.3 Å². The third-order valence-electron chi connectivity index (χ3n) is 3.64. The maximum absolute atomic E-state index is 12.1. The quantitative estimate of drug-likeness (QED) is 0.907. The van der Waals surface area contributed by atoms with Gasteiger partial charge in [0, 0.05) is 29.9 Å². The summed E-state index contributed by atoms with van der Waals surface area (Å²) in [5.74, 6) is 1.64. The second-order valence-electron chi connectivity index (χ2n) is 5.07. The molecule has 0 bridgehead atoms. The van der Waals surface area contributed by atoms with Crippen molar-refractivity contribution in [1.29, 1.82) is 0 Å². The Labute approximate surface area is 130 Å². The van der Waals surface area contributed by atoms with E-state index in [1.807, 2.05) is 36.2 Å². The Hall–Kier alpha value is -0.710. The Kier molecular flexibility index (Phi) is 6.20. The molecule has 3 nitrogen and oxygen atoms in total. The van der Waals surface area contributed by atoms with Gasteiger partial charge in [0.2, 0.25) is 5.91 Å². The van der Waals surface area contributed by atoms with Crippen molar-refractivity contribution in [3.63, 3.8) is 0 Å². The zero-order valence-electron chi connectivity index (χ0n) is 11.8. The lowest BCUT2D eigenvalue weighted by Gasteiger charge is -2.31. The topological polar surface area (TPSA) is 32.3 Å². The third-order valence-corrected chi connectivity index (χ3v) is 4.86. The number of benzene rings is 1. The molecule has 1 aliphatic rings. The van der Waals surface area contributed by atoms with E-state index >= 15 is 0 Å². The van der Waals surface area contributed by atoms with E-state index in [0.717, 1.165) is 36.7 Å². The van der Waals surface area contributed by atoms with Gasteiger partial charge in [0.15, 0.2) is 0 Å². The molecule has 1 N–H and O–H groups in total. The van der Waals surface area contributed by atoms with Crippen molar-refractivity contribution < 1.29 is 4.79 Å². The second-order valence-corrected chi connectivity index (χ2v) is 6.49. The van der Waals surface area contributed by atoms with E-state index in [-0.39, 0.29) is 5.91 Å². The van der Waals surface area contributed by atoms with E-state index in [4.69, 9.17) is 11.6 Å². The lowest BCUT2D eigenvalue weighted by molar-refractivity contribution is -0.129. The predicted molar refractivity (Wildman–Crippen MR) is 86.3 cm³/mol. The highest BCUT2D eigenvalue weighted by Crippen LogP contribution is 2.18. The number of halogens is 1. The summed E-state index contributed by atoms with van der Waals surface area (Å²) in [4.78, 5) is 14.1. The summed E-state index contributed by atoms with van der Waals surface area (Å²) in [6.45, 7) is 1.75. The number of hydrogen-bond donors (Lipinski definition) is 1. The summed E-state index contributed by atoms with van der Waals surface area (Å²) >= 11 is 7.60. The van der Waals surface area contributed by atoms with Crippen LogP contribution in [0.4, 0.5) is 0 Å². The molecule has 0 atom stereocenters. The normalized spacial score (nSPS) is 16.4. The van der Waals surface area contributed by atoms with Gasteiger partial charge < -0.3 is 10.2 Å². The minimum atomic E-state index is 0.256. The van der Waals surface area contributed by atoms with E-state index in [2.05, 4.69) is 5.32 Å². The van der Waals surface area contributed by atoms with E-state index in [0.29, 0.717) is 11.8 Å². The van der Waals surface area contributed by atoms with Crippen molar-refractivity contribution >= 4 is 29.3 Å². The molecular weight excluding hydrogens is 292 g/mol. The molecule has 1 amide bonds. The summed E-state index contributed by atoms with van der Waals surface area (Å²) in [5.41, 5.74) is 1.17. The highest BCUT2D eigenvalue weighted by Gasteiger charge is 2.21. The smallest absolute Gasteiger partial charge is 0.232 e. The van der Waals surface area contributed by atoms with E-state index in [9.17, 15) is 4.79 Å². The molecule has 110 valence electrons. The maximum Gasteiger partial charge on any atom is 0.232 e. The SMILES string of the molecule is CNC1CCN(C(=O)CSCc2cccc(Cl)c2)CC1. The van der Waals surface area contributed by atoms with Crippen molar-refractivity contribution in [3.8, 4) is 0 Å². The number of thioether (sulfide) groups is 1. The third kappa shape index (κ3) is 4.69. The molecule has 0 unspecified atom stereocenters. The van der Waals surface area contributed by atoms with E-state index in [1.54, 1.807) is 11.8 Å². The summed E-state index contributed by atoms with van der Waals surface area (Å²) < 4.78 is 0. The fourth-order valence-corrected chi connectivity index (χ4v) is 3.48. The highest BCUT2D eigenvalue weighted by atomic mass is 35.5. The van der Waals surface area contributed by atoms with Crippen LogP contribution in [0.3, 0.4) is 0 Å². The van der Waals surface area contributed by atoms with Crippen LogP contribution in [-0.2, 0) is 10.5 Å². The fourth-order valence-electron chi connectivity index (χ4n) is 2.39. The molecule has 20 heavy (non-hydrogen) atoms. The Morgan fingerprint density at radius 3 is 2.85 bits per heavy atom. The van der Waals surface area contributed by atoms with E-state index in [1.165, 1.54) is 5.56 Å². The van der Waals surface area contributed by atoms with Gasteiger partial charge in [-0.1, -0.05) is 23.7 Å². The first-order valence-corrected chi connectivity index (χ1v) is 8.49. The molecule has 0 aliphatic carbocycles. The molecule has 1 saturated heterocycles. The summed E-state index contributed by atoms with van der Waals surface area (Å²) in [7, 11) is 1.99.